The zero-order chi connectivity index (χ0) is 13.9. The van der Waals surface area contributed by atoms with Gasteiger partial charge in [0.1, 0.15) is 0 Å². The second-order valence-electron chi connectivity index (χ2n) is 5.37. The van der Waals surface area contributed by atoms with Gasteiger partial charge in [-0.05, 0) is 33.6 Å². The summed E-state index contributed by atoms with van der Waals surface area (Å²) in [4.78, 5) is 27.0. The van der Waals surface area contributed by atoms with Crippen molar-refractivity contribution < 1.29 is 14.7 Å². The van der Waals surface area contributed by atoms with Crippen LogP contribution >= 0.6 is 0 Å². The van der Waals surface area contributed by atoms with Crippen LogP contribution in [-0.4, -0.2) is 58.5 Å². The van der Waals surface area contributed by atoms with Crippen molar-refractivity contribution in [3.05, 3.63) is 0 Å². The van der Waals surface area contributed by atoms with E-state index in [0.29, 0.717) is 6.42 Å². The van der Waals surface area contributed by atoms with Gasteiger partial charge in [0.25, 0.3) is 0 Å². The molecule has 0 aromatic heterocycles. The SMILES string of the molecule is CC1CCN(C(C)C)C(CCC(=O)O)C(=O)N1C. The van der Waals surface area contributed by atoms with Gasteiger partial charge in [0.2, 0.25) is 5.91 Å². The van der Waals surface area contributed by atoms with Crippen molar-refractivity contribution in [2.24, 2.45) is 0 Å². The quantitative estimate of drug-likeness (QED) is 0.820. The van der Waals surface area contributed by atoms with E-state index in [1.54, 1.807) is 4.90 Å². The number of rotatable bonds is 4. The lowest BCUT2D eigenvalue weighted by Gasteiger charge is -2.32. The average molecular weight is 256 g/mol. The second-order valence-corrected chi connectivity index (χ2v) is 5.37. The number of aliphatic carboxylic acids is 1. The van der Waals surface area contributed by atoms with Crippen molar-refractivity contribution in [3.63, 3.8) is 0 Å². The van der Waals surface area contributed by atoms with Crippen LogP contribution < -0.4 is 0 Å². The molecule has 1 aliphatic rings. The number of carbonyl (C=O) groups is 2. The van der Waals surface area contributed by atoms with Gasteiger partial charge in [-0.1, -0.05) is 0 Å². The third-order valence-electron chi connectivity index (χ3n) is 3.79. The van der Waals surface area contributed by atoms with Gasteiger partial charge in [-0.3, -0.25) is 14.5 Å². The predicted molar refractivity (Wildman–Crippen MR) is 69.3 cm³/mol. The summed E-state index contributed by atoms with van der Waals surface area (Å²) >= 11 is 0. The molecule has 1 rings (SSSR count). The Hall–Kier alpha value is -1.10. The molecule has 0 aromatic carbocycles. The Kier molecular flexibility index (Phi) is 5.14. The fourth-order valence-electron chi connectivity index (χ4n) is 2.45. The maximum absolute atomic E-state index is 12.4. The van der Waals surface area contributed by atoms with Crippen LogP contribution in [0.15, 0.2) is 0 Å². The highest BCUT2D eigenvalue weighted by atomic mass is 16.4. The van der Waals surface area contributed by atoms with E-state index in [-0.39, 0.29) is 30.5 Å². The lowest BCUT2D eigenvalue weighted by Crippen LogP contribution is -2.48. The lowest BCUT2D eigenvalue weighted by molar-refractivity contribution is -0.139. The summed E-state index contributed by atoms with van der Waals surface area (Å²) in [5.41, 5.74) is 0. The first kappa shape index (κ1) is 15.0. The number of carboxylic acid groups (broad SMARTS) is 1. The summed E-state index contributed by atoms with van der Waals surface area (Å²) in [5, 5.41) is 8.80. The third kappa shape index (κ3) is 3.45. The molecule has 5 heteroatoms. The summed E-state index contributed by atoms with van der Waals surface area (Å²) < 4.78 is 0. The normalized spacial score (nSPS) is 26.5. The minimum atomic E-state index is -0.841. The van der Waals surface area contributed by atoms with Crippen molar-refractivity contribution in [1.82, 2.24) is 9.80 Å². The molecule has 5 nitrogen and oxygen atoms in total. The molecule has 1 fully saturated rings. The minimum Gasteiger partial charge on any atom is -0.481 e. The van der Waals surface area contributed by atoms with Crippen molar-refractivity contribution in [1.29, 1.82) is 0 Å². The van der Waals surface area contributed by atoms with Crippen molar-refractivity contribution in [2.75, 3.05) is 13.6 Å². The maximum Gasteiger partial charge on any atom is 0.303 e. The van der Waals surface area contributed by atoms with Crippen molar-refractivity contribution >= 4 is 11.9 Å². The number of carbonyl (C=O) groups excluding carboxylic acids is 1. The number of hydrogen-bond acceptors (Lipinski definition) is 3. The maximum atomic E-state index is 12.4. The van der Waals surface area contributed by atoms with E-state index >= 15 is 0 Å². The Morgan fingerprint density at radius 1 is 1.50 bits per heavy atom. The fraction of sp³-hybridized carbons (Fsp3) is 0.846. The van der Waals surface area contributed by atoms with E-state index in [1.165, 1.54) is 0 Å². The Labute approximate surface area is 109 Å². The molecule has 0 spiro atoms. The van der Waals surface area contributed by atoms with E-state index in [2.05, 4.69) is 18.7 Å². The molecular weight excluding hydrogens is 232 g/mol. The first-order valence-corrected chi connectivity index (χ1v) is 6.58. The topological polar surface area (TPSA) is 60.9 Å². The van der Waals surface area contributed by atoms with Crippen molar-refractivity contribution in [3.8, 4) is 0 Å². The van der Waals surface area contributed by atoms with Crippen LogP contribution in [0.2, 0.25) is 0 Å². The van der Waals surface area contributed by atoms with Gasteiger partial charge in [0, 0.05) is 32.1 Å². The predicted octanol–water partition coefficient (Wildman–Crippen LogP) is 1.18. The van der Waals surface area contributed by atoms with Crippen LogP contribution in [0.5, 0.6) is 0 Å². The highest BCUT2D eigenvalue weighted by molar-refractivity contribution is 5.83. The summed E-state index contributed by atoms with van der Waals surface area (Å²) in [5.74, 6) is -0.790. The molecule has 2 unspecified atom stereocenters. The monoisotopic (exact) mass is 256 g/mol. The van der Waals surface area contributed by atoms with Gasteiger partial charge in [0.05, 0.1) is 6.04 Å². The van der Waals surface area contributed by atoms with Crippen LogP contribution in [0.25, 0.3) is 0 Å². The summed E-state index contributed by atoms with van der Waals surface area (Å²) in [6, 6.07) is 0.177. The standard InChI is InChI=1S/C13H24N2O3/c1-9(2)15-8-7-10(3)14(4)13(18)11(15)5-6-12(16)17/h9-11H,5-8H2,1-4H3,(H,16,17). The van der Waals surface area contributed by atoms with Crippen LogP contribution in [0.1, 0.15) is 40.0 Å². The zero-order valence-electron chi connectivity index (χ0n) is 11.7. The van der Waals surface area contributed by atoms with E-state index in [9.17, 15) is 9.59 Å². The van der Waals surface area contributed by atoms with E-state index in [0.717, 1.165) is 13.0 Å². The molecule has 0 aliphatic carbocycles. The van der Waals surface area contributed by atoms with Crippen LogP contribution in [-0.2, 0) is 9.59 Å². The molecule has 1 heterocycles. The summed E-state index contributed by atoms with van der Waals surface area (Å²) in [7, 11) is 1.81. The first-order valence-electron chi connectivity index (χ1n) is 6.58. The number of hydrogen-bond donors (Lipinski definition) is 1. The molecule has 1 saturated heterocycles. The van der Waals surface area contributed by atoms with Crippen LogP contribution in [0, 0.1) is 0 Å². The fourth-order valence-corrected chi connectivity index (χ4v) is 2.45. The molecule has 104 valence electrons. The van der Waals surface area contributed by atoms with Gasteiger partial charge in [-0.15, -0.1) is 0 Å². The van der Waals surface area contributed by atoms with Gasteiger partial charge in [0.15, 0.2) is 0 Å². The Morgan fingerprint density at radius 3 is 2.61 bits per heavy atom. The molecule has 1 N–H and O–H groups in total. The smallest absolute Gasteiger partial charge is 0.303 e. The Balaban J connectivity index is 2.87. The summed E-state index contributed by atoms with van der Waals surface area (Å²) in [6.07, 6.45) is 1.37. The molecular formula is C13H24N2O3. The molecule has 1 aliphatic heterocycles. The van der Waals surface area contributed by atoms with Gasteiger partial charge >= 0.3 is 5.97 Å². The second kappa shape index (κ2) is 6.18. The molecule has 0 radical (unpaired) electrons. The Morgan fingerprint density at radius 2 is 2.11 bits per heavy atom. The molecule has 0 aromatic rings. The molecule has 18 heavy (non-hydrogen) atoms. The van der Waals surface area contributed by atoms with E-state index in [4.69, 9.17) is 5.11 Å². The van der Waals surface area contributed by atoms with E-state index in [1.807, 2.05) is 14.0 Å². The highest BCUT2D eigenvalue weighted by Crippen LogP contribution is 2.20. The average Bonchev–Trinajstić information content (AvgIpc) is 2.39. The van der Waals surface area contributed by atoms with E-state index < -0.39 is 5.97 Å². The van der Waals surface area contributed by atoms with Gasteiger partial charge in [-0.25, -0.2) is 0 Å². The Bertz CT molecular complexity index is 317. The lowest BCUT2D eigenvalue weighted by atomic mass is 10.1. The minimum absolute atomic E-state index is 0.0435. The van der Waals surface area contributed by atoms with Crippen LogP contribution in [0.3, 0.4) is 0 Å². The largest absolute Gasteiger partial charge is 0.481 e. The number of nitrogens with zero attached hydrogens (tertiary/aromatic N) is 2. The first-order chi connectivity index (χ1) is 8.34. The zero-order valence-corrected chi connectivity index (χ0v) is 11.7. The summed E-state index contributed by atoms with van der Waals surface area (Å²) in [6.45, 7) is 6.99. The molecule has 2 atom stereocenters. The van der Waals surface area contributed by atoms with Gasteiger partial charge in [-0.2, -0.15) is 0 Å². The molecule has 0 bridgehead atoms. The van der Waals surface area contributed by atoms with Crippen molar-refractivity contribution in [2.45, 2.75) is 58.2 Å². The number of likely N-dealkylation sites (N-methyl/N-ethyl adjacent to an activating group) is 1. The highest BCUT2D eigenvalue weighted by Gasteiger charge is 2.34. The van der Waals surface area contributed by atoms with Gasteiger partial charge < -0.3 is 10.0 Å². The molecule has 1 amide bonds. The number of carboxylic acids is 1. The third-order valence-corrected chi connectivity index (χ3v) is 3.79. The number of amides is 1. The molecule has 0 saturated carbocycles. The van der Waals surface area contributed by atoms with Crippen LogP contribution in [0.4, 0.5) is 0 Å².